The van der Waals surface area contributed by atoms with Gasteiger partial charge in [-0.15, -0.1) is 11.3 Å². The van der Waals surface area contributed by atoms with Crippen LogP contribution >= 0.6 is 11.3 Å². The van der Waals surface area contributed by atoms with Gasteiger partial charge in [-0.1, -0.05) is 12.1 Å². The van der Waals surface area contributed by atoms with Crippen molar-refractivity contribution in [3.63, 3.8) is 0 Å². The Morgan fingerprint density at radius 3 is 2.74 bits per heavy atom. The third-order valence-electron chi connectivity index (χ3n) is 4.76. The van der Waals surface area contributed by atoms with Crippen LogP contribution in [-0.2, 0) is 10.2 Å². The van der Waals surface area contributed by atoms with Crippen LogP contribution in [0.5, 0.6) is 0 Å². The molecule has 1 aromatic heterocycles. The minimum atomic E-state index is -0.612. The fourth-order valence-electron chi connectivity index (χ4n) is 3.13. The van der Waals surface area contributed by atoms with Gasteiger partial charge in [0, 0.05) is 33.6 Å². The zero-order valence-electron chi connectivity index (χ0n) is 15.3. The van der Waals surface area contributed by atoms with Crippen molar-refractivity contribution >= 4 is 34.5 Å². The first-order valence-corrected chi connectivity index (χ1v) is 9.52. The summed E-state index contributed by atoms with van der Waals surface area (Å²) < 4.78 is 0. The first-order chi connectivity index (χ1) is 12.8. The van der Waals surface area contributed by atoms with Gasteiger partial charge in [-0.2, -0.15) is 0 Å². The van der Waals surface area contributed by atoms with E-state index in [4.69, 9.17) is 0 Å². The Morgan fingerprint density at radius 2 is 2.00 bits per heavy atom. The van der Waals surface area contributed by atoms with E-state index in [1.165, 1.54) is 0 Å². The number of hydrogen-bond acceptors (Lipinski definition) is 4. The topological polar surface area (TPSA) is 71.1 Å². The van der Waals surface area contributed by atoms with Crippen molar-refractivity contribution in [2.75, 3.05) is 10.6 Å². The van der Waals surface area contributed by atoms with E-state index in [0.29, 0.717) is 11.3 Å². The molecule has 0 radical (unpaired) electrons. The molecule has 3 aromatic rings. The third-order valence-corrected chi connectivity index (χ3v) is 5.77. The number of nitrogens with zero attached hydrogens (tertiary/aromatic N) is 1. The van der Waals surface area contributed by atoms with E-state index in [1.54, 1.807) is 23.5 Å². The minimum absolute atomic E-state index is 0.0348. The SMILES string of the molecule is Cc1csc(-c2cccc(C(=O)Nc3ccc4c(c3)C(C)(C)C(=O)N4)c2)n1. The number of fused-ring (bicyclic) bond motifs is 1. The van der Waals surface area contributed by atoms with Gasteiger partial charge in [0.05, 0.1) is 5.41 Å². The van der Waals surface area contributed by atoms with E-state index in [0.717, 1.165) is 27.5 Å². The molecule has 2 aromatic carbocycles. The van der Waals surface area contributed by atoms with Crippen molar-refractivity contribution in [2.24, 2.45) is 0 Å². The largest absolute Gasteiger partial charge is 0.325 e. The Morgan fingerprint density at radius 1 is 1.19 bits per heavy atom. The number of aryl methyl sites for hydroxylation is 1. The number of aromatic nitrogens is 1. The molecule has 6 heteroatoms. The Balaban J connectivity index is 1.59. The molecule has 2 amide bonds. The molecule has 4 rings (SSSR count). The van der Waals surface area contributed by atoms with Crippen molar-refractivity contribution in [3.8, 4) is 10.6 Å². The molecule has 0 saturated carbocycles. The van der Waals surface area contributed by atoms with Crippen molar-refractivity contribution in [1.82, 2.24) is 4.98 Å². The number of carbonyl (C=O) groups excluding carboxylic acids is 2. The summed E-state index contributed by atoms with van der Waals surface area (Å²) in [7, 11) is 0. The van der Waals surface area contributed by atoms with Gasteiger partial charge in [0.1, 0.15) is 5.01 Å². The number of hydrogen-bond donors (Lipinski definition) is 2. The number of nitrogens with one attached hydrogen (secondary N) is 2. The van der Waals surface area contributed by atoms with E-state index < -0.39 is 5.41 Å². The van der Waals surface area contributed by atoms with Crippen molar-refractivity contribution in [1.29, 1.82) is 0 Å². The lowest BCUT2D eigenvalue weighted by molar-refractivity contribution is -0.119. The van der Waals surface area contributed by atoms with Crippen LogP contribution in [0.25, 0.3) is 10.6 Å². The lowest BCUT2D eigenvalue weighted by atomic mass is 9.86. The molecular formula is C21H19N3O2S. The summed E-state index contributed by atoms with van der Waals surface area (Å²) in [5.41, 5.74) is 4.19. The first-order valence-electron chi connectivity index (χ1n) is 8.64. The first kappa shape index (κ1) is 17.4. The second-order valence-corrected chi connectivity index (χ2v) is 8.03. The summed E-state index contributed by atoms with van der Waals surface area (Å²) in [6.07, 6.45) is 0. The molecule has 136 valence electrons. The highest BCUT2D eigenvalue weighted by Gasteiger charge is 2.38. The lowest BCUT2D eigenvalue weighted by Gasteiger charge is -2.16. The van der Waals surface area contributed by atoms with E-state index in [9.17, 15) is 9.59 Å². The quantitative estimate of drug-likeness (QED) is 0.701. The second kappa shape index (κ2) is 6.32. The Labute approximate surface area is 161 Å². The van der Waals surface area contributed by atoms with Gasteiger partial charge in [0.2, 0.25) is 5.91 Å². The fraction of sp³-hybridized carbons (Fsp3) is 0.190. The van der Waals surface area contributed by atoms with Gasteiger partial charge in [-0.3, -0.25) is 9.59 Å². The summed E-state index contributed by atoms with van der Waals surface area (Å²) in [6.45, 7) is 5.70. The molecule has 1 aliphatic rings. The highest BCUT2D eigenvalue weighted by molar-refractivity contribution is 7.13. The average Bonchev–Trinajstić information content (AvgIpc) is 3.17. The maximum atomic E-state index is 12.7. The van der Waals surface area contributed by atoms with E-state index in [1.807, 2.05) is 56.5 Å². The van der Waals surface area contributed by atoms with Crippen LogP contribution in [-0.4, -0.2) is 16.8 Å². The van der Waals surface area contributed by atoms with Gasteiger partial charge in [-0.05, 0) is 56.7 Å². The summed E-state index contributed by atoms with van der Waals surface area (Å²) in [6, 6.07) is 12.9. The van der Waals surface area contributed by atoms with E-state index in [-0.39, 0.29) is 11.8 Å². The van der Waals surface area contributed by atoms with Crippen LogP contribution in [0, 0.1) is 6.92 Å². The van der Waals surface area contributed by atoms with E-state index >= 15 is 0 Å². The van der Waals surface area contributed by atoms with Crippen LogP contribution in [0.15, 0.2) is 47.8 Å². The smallest absolute Gasteiger partial charge is 0.255 e. The zero-order valence-corrected chi connectivity index (χ0v) is 16.1. The fourth-order valence-corrected chi connectivity index (χ4v) is 3.93. The predicted molar refractivity (Wildman–Crippen MR) is 108 cm³/mol. The molecule has 0 spiro atoms. The standard InChI is InChI=1S/C21H19N3O2S/c1-12-11-27-19(22-12)14-6-4-5-13(9-14)18(25)23-15-7-8-17-16(10-15)21(2,3)20(26)24-17/h4-11H,1-3H3,(H,23,25)(H,24,26). The molecule has 0 atom stereocenters. The van der Waals surface area contributed by atoms with Crippen LogP contribution in [0.3, 0.4) is 0 Å². The Hall–Kier alpha value is -2.99. The van der Waals surface area contributed by atoms with Crippen LogP contribution in [0.2, 0.25) is 0 Å². The molecule has 0 unspecified atom stereocenters. The number of rotatable bonds is 3. The minimum Gasteiger partial charge on any atom is -0.325 e. The molecule has 2 N–H and O–H groups in total. The highest BCUT2D eigenvalue weighted by atomic mass is 32.1. The number of carbonyl (C=O) groups is 2. The maximum Gasteiger partial charge on any atom is 0.255 e. The number of thiazole rings is 1. The van der Waals surface area contributed by atoms with Crippen molar-refractivity contribution in [3.05, 3.63) is 64.7 Å². The number of amides is 2. The molecule has 0 fully saturated rings. The van der Waals surface area contributed by atoms with Crippen LogP contribution in [0.4, 0.5) is 11.4 Å². The summed E-state index contributed by atoms with van der Waals surface area (Å²) in [5.74, 6) is -0.229. The van der Waals surface area contributed by atoms with Gasteiger partial charge in [-0.25, -0.2) is 4.98 Å². The normalized spacial score (nSPS) is 14.6. The summed E-state index contributed by atoms with van der Waals surface area (Å²) in [5, 5.41) is 8.68. The number of anilines is 2. The summed E-state index contributed by atoms with van der Waals surface area (Å²) in [4.78, 5) is 29.3. The Bertz CT molecular complexity index is 1070. The molecular weight excluding hydrogens is 358 g/mol. The lowest BCUT2D eigenvalue weighted by Crippen LogP contribution is -2.26. The predicted octanol–water partition coefficient (Wildman–Crippen LogP) is 4.60. The maximum absolute atomic E-state index is 12.7. The number of benzene rings is 2. The molecule has 0 aliphatic carbocycles. The molecule has 1 aliphatic heterocycles. The van der Waals surface area contributed by atoms with Gasteiger partial charge in [0.25, 0.3) is 5.91 Å². The molecule has 5 nitrogen and oxygen atoms in total. The zero-order chi connectivity index (χ0) is 19.2. The van der Waals surface area contributed by atoms with Crippen molar-refractivity contribution < 1.29 is 9.59 Å². The van der Waals surface area contributed by atoms with Crippen molar-refractivity contribution in [2.45, 2.75) is 26.2 Å². The van der Waals surface area contributed by atoms with E-state index in [2.05, 4.69) is 15.6 Å². The van der Waals surface area contributed by atoms with Gasteiger partial charge >= 0.3 is 0 Å². The molecule has 0 bridgehead atoms. The van der Waals surface area contributed by atoms with Crippen LogP contribution in [0.1, 0.15) is 35.5 Å². The third kappa shape index (κ3) is 3.13. The molecule has 27 heavy (non-hydrogen) atoms. The highest BCUT2D eigenvalue weighted by Crippen LogP contribution is 2.38. The second-order valence-electron chi connectivity index (χ2n) is 7.17. The van der Waals surface area contributed by atoms with Gasteiger partial charge < -0.3 is 10.6 Å². The Kier molecular flexibility index (Phi) is 4.08. The molecule has 2 heterocycles. The molecule has 0 saturated heterocycles. The monoisotopic (exact) mass is 377 g/mol. The van der Waals surface area contributed by atoms with Gasteiger partial charge in [0.15, 0.2) is 0 Å². The average molecular weight is 377 g/mol. The van der Waals surface area contributed by atoms with Crippen LogP contribution < -0.4 is 10.6 Å². The summed E-state index contributed by atoms with van der Waals surface area (Å²) >= 11 is 1.56.